The van der Waals surface area contributed by atoms with E-state index >= 15 is 0 Å². The fourth-order valence-electron chi connectivity index (χ4n) is 1.17. The number of nitrogen functional groups attached to an aromatic ring is 1. The van der Waals surface area contributed by atoms with Gasteiger partial charge in [0.25, 0.3) is 0 Å². The highest BCUT2D eigenvalue weighted by Crippen LogP contribution is 2.32. The molecule has 1 heterocycles. The van der Waals surface area contributed by atoms with Crippen LogP contribution in [0.4, 0.5) is 5.00 Å². The predicted molar refractivity (Wildman–Crippen MR) is 70.2 cm³/mol. The maximum absolute atomic E-state index is 11.3. The maximum Gasteiger partial charge on any atom is 0.175 e. The number of rotatable bonds is 3. The Bertz CT molecular complexity index is 617. The van der Waals surface area contributed by atoms with E-state index in [2.05, 4.69) is 4.98 Å². The van der Waals surface area contributed by atoms with Gasteiger partial charge in [-0.05, 0) is 24.3 Å². The number of nitrogens with zero attached hydrogens (tertiary/aromatic N) is 1. The largest absolute Gasteiger partial charge is 0.389 e. The van der Waals surface area contributed by atoms with E-state index in [1.165, 1.54) is 29.4 Å². The van der Waals surface area contributed by atoms with Crippen LogP contribution in [0.25, 0.3) is 0 Å². The van der Waals surface area contributed by atoms with Crippen LogP contribution in [0.2, 0.25) is 0 Å². The Hall–Kier alpha value is -1.05. The number of hydrogen-bond acceptors (Lipinski definition) is 6. The zero-order chi connectivity index (χ0) is 12.5. The van der Waals surface area contributed by atoms with Crippen molar-refractivity contribution in [2.24, 2.45) is 0 Å². The summed E-state index contributed by atoms with van der Waals surface area (Å²) in [6, 6.07) is 6.71. The summed E-state index contributed by atoms with van der Waals surface area (Å²) in [6.45, 7) is 0. The van der Waals surface area contributed by atoms with Crippen LogP contribution in [0.15, 0.2) is 44.6 Å². The Kier molecular flexibility index (Phi) is 3.41. The topological polar surface area (TPSA) is 73.0 Å². The third kappa shape index (κ3) is 3.21. The summed E-state index contributed by atoms with van der Waals surface area (Å²) in [7, 11) is -3.13. The normalized spacial score (nSPS) is 11.6. The molecule has 0 radical (unpaired) electrons. The zero-order valence-corrected chi connectivity index (χ0v) is 11.4. The Morgan fingerprint density at radius 2 is 1.94 bits per heavy atom. The van der Waals surface area contributed by atoms with Crippen molar-refractivity contribution in [1.29, 1.82) is 0 Å². The average Bonchev–Trinajstić information content (AvgIpc) is 2.63. The molecule has 0 atom stereocenters. The highest BCUT2D eigenvalue weighted by Gasteiger charge is 2.07. The van der Waals surface area contributed by atoms with Gasteiger partial charge in [-0.1, -0.05) is 23.1 Å². The summed E-state index contributed by atoms with van der Waals surface area (Å²) < 4.78 is 23.4. The van der Waals surface area contributed by atoms with Crippen molar-refractivity contribution in [3.63, 3.8) is 0 Å². The number of aromatic nitrogens is 1. The fraction of sp³-hybridized carbons (Fsp3) is 0.100. The van der Waals surface area contributed by atoms with Crippen molar-refractivity contribution in [2.75, 3.05) is 12.0 Å². The molecule has 1 aromatic heterocycles. The quantitative estimate of drug-likeness (QED) is 0.937. The molecule has 0 unspecified atom stereocenters. The second-order valence-electron chi connectivity index (χ2n) is 3.37. The molecule has 0 aliphatic rings. The van der Waals surface area contributed by atoms with E-state index in [9.17, 15) is 8.42 Å². The smallest absolute Gasteiger partial charge is 0.175 e. The lowest BCUT2D eigenvalue weighted by Gasteiger charge is -2.00. The first-order valence-electron chi connectivity index (χ1n) is 4.64. The van der Waals surface area contributed by atoms with Crippen molar-refractivity contribution in [1.82, 2.24) is 4.98 Å². The highest BCUT2D eigenvalue weighted by molar-refractivity contribution is 8.01. The SMILES string of the molecule is CS(=O)(=O)c1ccc(Sc2ncc(N)s2)cc1. The van der Waals surface area contributed by atoms with Gasteiger partial charge in [0.2, 0.25) is 0 Å². The van der Waals surface area contributed by atoms with Crippen molar-refractivity contribution in [2.45, 2.75) is 14.1 Å². The first kappa shape index (κ1) is 12.4. The van der Waals surface area contributed by atoms with E-state index in [1.807, 2.05) is 0 Å². The standard InChI is InChI=1S/C10H10N2O2S3/c1-17(13,14)8-4-2-7(3-5-8)15-10-12-6-9(11)16-10/h2-6H,11H2,1H3. The van der Waals surface area contributed by atoms with Crippen molar-refractivity contribution >= 4 is 37.9 Å². The van der Waals surface area contributed by atoms with Gasteiger partial charge in [-0.15, -0.1) is 0 Å². The highest BCUT2D eigenvalue weighted by atomic mass is 32.2. The van der Waals surface area contributed by atoms with E-state index in [-0.39, 0.29) is 0 Å². The molecule has 0 fully saturated rings. The number of anilines is 1. The summed E-state index contributed by atoms with van der Waals surface area (Å²) in [5.41, 5.74) is 5.58. The number of nitrogens with two attached hydrogens (primary N) is 1. The molecule has 7 heteroatoms. The molecule has 0 aliphatic heterocycles. The first-order chi connectivity index (χ1) is 7.95. The number of sulfone groups is 1. The molecule has 0 saturated carbocycles. The van der Waals surface area contributed by atoms with Gasteiger partial charge in [0.15, 0.2) is 14.2 Å². The lowest BCUT2D eigenvalue weighted by molar-refractivity contribution is 0.602. The van der Waals surface area contributed by atoms with Crippen LogP contribution < -0.4 is 5.73 Å². The molecule has 17 heavy (non-hydrogen) atoms. The van der Waals surface area contributed by atoms with Crippen molar-refractivity contribution < 1.29 is 8.42 Å². The third-order valence-corrected chi connectivity index (χ3v) is 5.00. The van der Waals surface area contributed by atoms with E-state index in [1.54, 1.807) is 30.5 Å². The molecule has 0 bridgehead atoms. The van der Waals surface area contributed by atoms with Gasteiger partial charge in [0.05, 0.1) is 11.1 Å². The number of thiazole rings is 1. The zero-order valence-electron chi connectivity index (χ0n) is 8.95. The molecular formula is C10H10N2O2S3. The van der Waals surface area contributed by atoms with Gasteiger partial charge >= 0.3 is 0 Å². The van der Waals surface area contributed by atoms with E-state index in [0.717, 1.165) is 9.24 Å². The van der Waals surface area contributed by atoms with Crippen LogP contribution in [-0.2, 0) is 9.84 Å². The monoisotopic (exact) mass is 286 g/mol. The van der Waals surface area contributed by atoms with Gasteiger partial charge in [-0.25, -0.2) is 13.4 Å². The third-order valence-electron chi connectivity index (χ3n) is 1.96. The van der Waals surface area contributed by atoms with Crippen molar-refractivity contribution in [3.8, 4) is 0 Å². The Balaban J connectivity index is 2.19. The summed E-state index contributed by atoms with van der Waals surface area (Å²) in [4.78, 5) is 5.38. The molecule has 2 rings (SSSR count). The van der Waals surface area contributed by atoms with Crippen molar-refractivity contribution in [3.05, 3.63) is 30.5 Å². The first-order valence-corrected chi connectivity index (χ1v) is 8.17. The average molecular weight is 286 g/mol. The molecule has 2 N–H and O–H groups in total. The van der Waals surface area contributed by atoms with Crippen LogP contribution in [0, 0.1) is 0 Å². The Morgan fingerprint density at radius 1 is 1.29 bits per heavy atom. The van der Waals surface area contributed by atoms with Crippen LogP contribution in [-0.4, -0.2) is 19.7 Å². The minimum absolute atomic E-state index is 0.320. The lowest BCUT2D eigenvalue weighted by atomic mass is 10.4. The minimum atomic E-state index is -3.13. The second-order valence-corrected chi connectivity index (χ2v) is 7.77. The fourth-order valence-corrected chi connectivity index (χ4v) is 3.54. The molecule has 0 spiro atoms. The molecular weight excluding hydrogens is 276 g/mol. The van der Waals surface area contributed by atoms with Crippen LogP contribution in [0.1, 0.15) is 0 Å². The number of benzene rings is 1. The van der Waals surface area contributed by atoms with Gasteiger partial charge in [0.1, 0.15) is 5.00 Å². The summed E-state index contributed by atoms with van der Waals surface area (Å²) in [6.07, 6.45) is 2.80. The summed E-state index contributed by atoms with van der Waals surface area (Å²) >= 11 is 2.86. The maximum atomic E-state index is 11.3. The second kappa shape index (κ2) is 4.67. The van der Waals surface area contributed by atoms with E-state index < -0.39 is 9.84 Å². The Morgan fingerprint density at radius 3 is 2.41 bits per heavy atom. The molecule has 90 valence electrons. The number of hydrogen-bond donors (Lipinski definition) is 1. The molecule has 0 amide bonds. The molecule has 4 nitrogen and oxygen atoms in total. The molecule has 0 aliphatic carbocycles. The van der Waals surface area contributed by atoms with Gasteiger partial charge in [-0.2, -0.15) is 0 Å². The summed E-state index contributed by atoms with van der Waals surface area (Å²) in [5, 5.41) is 0.667. The van der Waals surface area contributed by atoms with E-state index in [4.69, 9.17) is 5.73 Å². The predicted octanol–water partition coefficient (Wildman–Crippen LogP) is 2.28. The van der Waals surface area contributed by atoms with Crippen LogP contribution >= 0.6 is 23.1 Å². The minimum Gasteiger partial charge on any atom is -0.389 e. The van der Waals surface area contributed by atoms with Crippen LogP contribution in [0.3, 0.4) is 0 Å². The molecule has 2 aromatic rings. The van der Waals surface area contributed by atoms with Gasteiger partial charge in [-0.3, -0.25) is 0 Å². The Labute approximate surface area is 108 Å². The summed E-state index contributed by atoms with van der Waals surface area (Å²) in [5.74, 6) is 0. The van der Waals surface area contributed by atoms with Gasteiger partial charge < -0.3 is 5.73 Å². The van der Waals surface area contributed by atoms with E-state index in [0.29, 0.717) is 9.90 Å². The van der Waals surface area contributed by atoms with Crippen LogP contribution in [0.5, 0.6) is 0 Å². The lowest BCUT2D eigenvalue weighted by Crippen LogP contribution is -1.95. The molecule has 0 saturated heterocycles. The molecule has 1 aromatic carbocycles. The van der Waals surface area contributed by atoms with Gasteiger partial charge in [0, 0.05) is 11.2 Å².